The van der Waals surface area contributed by atoms with Gasteiger partial charge in [0.1, 0.15) is 0 Å². The first-order valence-corrected chi connectivity index (χ1v) is 11.6. The van der Waals surface area contributed by atoms with Crippen LogP contribution in [0.25, 0.3) is 0 Å². The van der Waals surface area contributed by atoms with Crippen LogP contribution in [-0.4, -0.2) is 18.4 Å². The lowest BCUT2D eigenvalue weighted by Crippen LogP contribution is -2.13. The Bertz CT molecular complexity index is 563. The summed E-state index contributed by atoms with van der Waals surface area (Å²) in [7, 11) is 0. The van der Waals surface area contributed by atoms with Gasteiger partial charge in [-0.25, -0.2) is 0 Å². The van der Waals surface area contributed by atoms with Crippen molar-refractivity contribution < 1.29 is 14.3 Å². The number of allylic oxidation sites excluding steroid dienone is 2. The highest BCUT2D eigenvalue weighted by atomic mass is 16.5. The van der Waals surface area contributed by atoms with Gasteiger partial charge in [0.25, 0.3) is 0 Å². The Hall–Kier alpha value is -1.90. The van der Waals surface area contributed by atoms with E-state index in [-0.39, 0.29) is 18.4 Å². The molecule has 3 nitrogen and oxygen atoms in total. The minimum Gasteiger partial charge on any atom is -0.457 e. The standard InChI is InChI=1S/C26H40O3/c1-2-3-4-5-6-7-8-9-10-11-12-13-14-15-19-22-26(28)29-23-25(27)24-20-17-16-18-21-24/h6-7,16-18,20-21H,2-5,8-15,19,22-23H2,1H3/b7-6+. The van der Waals surface area contributed by atoms with Crippen LogP contribution in [-0.2, 0) is 9.53 Å². The lowest BCUT2D eigenvalue weighted by Gasteiger charge is -2.05. The van der Waals surface area contributed by atoms with E-state index in [0.29, 0.717) is 12.0 Å². The summed E-state index contributed by atoms with van der Waals surface area (Å²) in [5.74, 6) is -0.414. The van der Waals surface area contributed by atoms with E-state index in [1.165, 1.54) is 70.6 Å². The van der Waals surface area contributed by atoms with Gasteiger partial charge in [0, 0.05) is 12.0 Å². The SMILES string of the molecule is CCCCC/C=C/CCCCCCCCCCC(=O)OCC(=O)c1ccccc1. The van der Waals surface area contributed by atoms with E-state index in [1.54, 1.807) is 12.1 Å². The summed E-state index contributed by atoms with van der Waals surface area (Å²) >= 11 is 0. The molecule has 0 N–H and O–H groups in total. The van der Waals surface area contributed by atoms with Crippen LogP contribution >= 0.6 is 0 Å². The van der Waals surface area contributed by atoms with Gasteiger partial charge in [-0.05, 0) is 32.1 Å². The highest BCUT2D eigenvalue weighted by Gasteiger charge is 2.09. The molecule has 0 aliphatic carbocycles. The molecule has 0 heterocycles. The van der Waals surface area contributed by atoms with E-state index in [2.05, 4.69) is 19.1 Å². The van der Waals surface area contributed by atoms with Gasteiger partial charge in [-0.2, -0.15) is 0 Å². The summed E-state index contributed by atoms with van der Waals surface area (Å²) in [6, 6.07) is 8.95. The highest BCUT2D eigenvalue weighted by molar-refractivity contribution is 5.97. The normalized spacial score (nSPS) is 11.1. The molecule has 1 rings (SSSR count). The van der Waals surface area contributed by atoms with Gasteiger partial charge in [0.15, 0.2) is 12.4 Å². The minimum absolute atomic E-state index is 0.147. The minimum atomic E-state index is -0.267. The van der Waals surface area contributed by atoms with E-state index in [9.17, 15) is 9.59 Å². The Kier molecular flexibility index (Phi) is 15.7. The number of carbonyl (C=O) groups excluding carboxylic acids is 2. The Balaban J connectivity index is 1.85. The van der Waals surface area contributed by atoms with Gasteiger partial charge >= 0.3 is 5.97 Å². The number of hydrogen-bond donors (Lipinski definition) is 0. The predicted octanol–water partition coefficient (Wildman–Crippen LogP) is 7.45. The first-order chi connectivity index (χ1) is 14.2. The molecule has 0 fully saturated rings. The molecule has 0 amide bonds. The van der Waals surface area contributed by atoms with Crippen LogP contribution in [0.15, 0.2) is 42.5 Å². The maximum atomic E-state index is 11.9. The summed E-state index contributed by atoms with van der Waals surface area (Å²) in [5, 5.41) is 0. The number of benzene rings is 1. The van der Waals surface area contributed by atoms with Crippen LogP contribution in [0.2, 0.25) is 0 Å². The average molecular weight is 401 g/mol. The fraction of sp³-hybridized carbons (Fsp3) is 0.615. The third-order valence-corrected chi connectivity index (χ3v) is 5.10. The zero-order chi connectivity index (χ0) is 21.0. The summed E-state index contributed by atoms with van der Waals surface area (Å²) in [6.45, 7) is 2.09. The van der Waals surface area contributed by atoms with Crippen LogP contribution < -0.4 is 0 Å². The second-order valence-corrected chi connectivity index (χ2v) is 7.78. The molecule has 0 unspecified atom stereocenters. The number of esters is 1. The first kappa shape index (κ1) is 25.1. The van der Waals surface area contributed by atoms with E-state index in [1.807, 2.05) is 18.2 Å². The number of ether oxygens (including phenoxy) is 1. The summed E-state index contributed by atoms with van der Waals surface area (Å²) in [4.78, 5) is 23.6. The number of rotatable bonds is 18. The molecule has 0 atom stereocenters. The predicted molar refractivity (Wildman–Crippen MR) is 121 cm³/mol. The second kappa shape index (κ2) is 18.1. The monoisotopic (exact) mass is 400 g/mol. The Morgan fingerprint density at radius 2 is 1.31 bits per heavy atom. The van der Waals surface area contributed by atoms with Crippen LogP contribution in [0, 0.1) is 0 Å². The van der Waals surface area contributed by atoms with Gasteiger partial charge in [-0.1, -0.05) is 101 Å². The number of hydrogen-bond acceptors (Lipinski definition) is 3. The molecule has 162 valence electrons. The molecule has 0 saturated carbocycles. The van der Waals surface area contributed by atoms with Gasteiger partial charge < -0.3 is 4.74 Å². The van der Waals surface area contributed by atoms with Crippen molar-refractivity contribution in [3.63, 3.8) is 0 Å². The van der Waals surface area contributed by atoms with Gasteiger partial charge in [0.2, 0.25) is 0 Å². The molecule has 0 radical (unpaired) electrons. The van der Waals surface area contributed by atoms with Crippen LogP contribution in [0.5, 0.6) is 0 Å². The van der Waals surface area contributed by atoms with Crippen molar-refractivity contribution in [2.45, 2.75) is 96.8 Å². The molecule has 0 bridgehead atoms. The number of unbranched alkanes of at least 4 members (excludes halogenated alkanes) is 11. The number of ketones is 1. The van der Waals surface area contributed by atoms with Crippen molar-refractivity contribution in [1.29, 1.82) is 0 Å². The topological polar surface area (TPSA) is 43.4 Å². The summed E-state index contributed by atoms with van der Waals surface area (Å²) in [5.41, 5.74) is 0.586. The van der Waals surface area contributed by atoms with E-state index in [0.717, 1.165) is 12.8 Å². The zero-order valence-electron chi connectivity index (χ0n) is 18.4. The molecule has 29 heavy (non-hydrogen) atoms. The molecule has 0 aliphatic heterocycles. The maximum Gasteiger partial charge on any atom is 0.306 e. The van der Waals surface area contributed by atoms with Gasteiger partial charge in [-0.3, -0.25) is 9.59 Å². The first-order valence-electron chi connectivity index (χ1n) is 11.6. The lowest BCUT2D eigenvalue weighted by molar-refractivity contribution is -0.142. The van der Waals surface area contributed by atoms with Gasteiger partial charge in [-0.15, -0.1) is 0 Å². The molecule has 0 aliphatic rings. The molecule has 1 aromatic carbocycles. The molecule has 3 heteroatoms. The fourth-order valence-electron chi connectivity index (χ4n) is 3.27. The van der Waals surface area contributed by atoms with E-state index in [4.69, 9.17) is 4.74 Å². The van der Waals surface area contributed by atoms with Gasteiger partial charge in [0.05, 0.1) is 0 Å². The van der Waals surface area contributed by atoms with Crippen LogP contribution in [0.4, 0.5) is 0 Å². The Labute approximate surface area is 177 Å². The van der Waals surface area contributed by atoms with Crippen molar-refractivity contribution in [1.82, 2.24) is 0 Å². The molecule has 0 aromatic heterocycles. The largest absolute Gasteiger partial charge is 0.457 e. The number of Topliss-reactive ketones (excluding diaryl/α,β-unsaturated/α-hetero) is 1. The smallest absolute Gasteiger partial charge is 0.306 e. The number of carbonyl (C=O) groups is 2. The molecule has 0 spiro atoms. The molecular formula is C26H40O3. The third-order valence-electron chi connectivity index (χ3n) is 5.10. The highest BCUT2D eigenvalue weighted by Crippen LogP contribution is 2.11. The van der Waals surface area contributed by atoms with Crippen molar-refractivity contribution in [2.24, 2.45) is 0 Å². The zero-order valence-corrected chi connectivity index (χ0v) is 18.4. The van der Waals surface area contributed by atoms with Crippen molar-refractivity contribution >= 4 is 11.8 Å². The third kappa shape index (κ3) is 14.7. The average Bonchev–Trinajstić information content (AvgIpc) is 2.75. The Morgan fingerprint density at radius 1 is 0.759 bits per heavy atom. The molecule has 1 aromatic rings. The quantitative estimate of drug-likeness (QED) is 0.111. The Morgan fingerprint density at radius 3 is 1.93 bits per heavy atom. The van der Waals surface area contributed by atoms with Crippen molar-refractivity contribution in [3.05, 3.63) is 48.0 Å². The second-order valence-electron chi connectivity index (χ2n) is 7.78. The van der Waals surface area contributed by atoms with E-state index >= 15 is 0 Å². The van der Waals surface area contributed by atoms with Crippen molar-refractivity contribution in [3.8, 4) is 0 Å². The lowest BCUT2D eigenvalue weighted by atomic mass is 10.1. The van der Waals surface area contributed by atoms with Crippen molar-refractivity contribution in [2.75, 3.05) is 6.61 Å². The summed E-state index contributed by atoms with van der Waals surface area (Å²) in [6.07, 6.45) is 21.1. The fourth-order valence-corrected chi connectivity index (χ4v) is 3.27. The summed E-state index contributed by atoms with van der Waals surface area (Å²) < 4.78 is 5.08. The maximum absolute atomic E-state index is 11.9. The van der Waals surface area contributed by atoms with E-state index < -0.39 is 0 Å². The van der Waals surface area contributed by atoms with Crippen LogP contribution in [0.3, 0.4) is 0 Å². The van der Waals surface area contributed by atoms with Crippen LogP contribution in [0.1, 0.15) is 107 Å². The molecular weight excluding hydrogens is 360 g/mol. The molecule has 0 saturated heterocycles.